The number of hydrogen-bond acceptors (Lipinski definition) is 7. The van der Waals surface area contributed by atoms with E-state index in [9.17, 15) is 4.39 Å². The maximum atomic E-state index is 13.4. The van der Waals surface area contributed by atoms with Crippen molar-refractivity contribution in [2.24, 2.45) is 4.99 Å². The van der Waals surface area contributed by atoms with Gasteiger partial charge >= 0.3 is 0 Å². The number of aromatic nitrogens is 2. The molecule has 1 aliphatic heterocycles. The molecule has 3 aromatic carbocycles. The van der Waals surface area contributed by atoms with Gasteiger partial charge in [0.25, 0.3) is 6.02 Å². The average Bonchev–Trinajstić information content (AvgIpc) is 3.22. The maximum absolute atomic E-state index is 13.4. The first-order chi connectivity index (χ1) is 18.4. The van der Waals surface area contributed by atoms with Crippen LogP contribution in [-0.4, -0.2) is 66.1 Å². The second-order valence-corrected chi connectivity index (χ2v) is 9.75. The lowest BCUT2D eigenvalue weighted by Gasteiger charge is -2.21. The normalized spacial score (nSPS) is 16.3. The van der Waals surface area contributed by atoms with E-state index >= 15 is 0 Å². The number of amidine groups is 1. The average molecular weight is 535 g/mol. The van der Waals surface area contributed by atoms with E-state index in [0.717, 1.165) is 34.4 Å². The van der Waals surface area contributed by atoms with Crippen LogP contribution in [0.25, 0.3) is 10.9 Å². The highest BCUT2D eigenvalue weighted by molar-refractivity contribution is 6.32. The maximum Gasteiger partial charge on any atom is 0.292 e. The van der Waals surface area contributed by atoms with Crippen LogP contribution >= 0.6 is 11.6 Å². The molecule has 1 fully saturated rings. The Labute approximate surface area is 225 Å². The summed E-state index contributed by atoms with van der Waals surface area (Å²) in [6.45, 7) is 1.69. The summed E-state index contributed by atoms with van der Waals surface area (Å²) in [6.07, 6.45) is 1.51. The zero-order chi connectivity index (χ0) is 26.6. The van der Waals surface area contributed by atoms with Gasteiger partial charge in [-0.2, -0.15) is 4.99 Å². The summed E-state index contributed by atoms with van der Waals surface area (Å²) in [5, 5.41) is 4.55. The quantitative estimate of drug-likeness (QED) is 0.314. The van der Waals surface area contributed by atoms with Crippen molar-refractivity contribution in [1.82, 2.24) is 19.8 Å². The van der Waals surface area contributed by atoms with E-state index in [2.05, 4.69) is 25.1 Å². The molecule has 1 aliphatic rings. The number of nitrogens with one attached hydrogen (secondary N) is 1. The number of hydrogen-bond donors (Lipinski definition) is 1. The summed E-state index contributed by atoms with van der Waals surface area (Å²) < 4.78 is 25.1. The molecule has 0 bridgehead atoms. The Morgan fingerprint density at radius 2 is 2.03 bits per heavy atom. The number of fused-ring (bicyclic) bond motifs is 1. The zero-order valence-corrected chi connectivity index (χ0v) is 22.1. The lowest BCUT2D eigenvalue weighted by atomic mass is 10.2. The molecule has 5 rings (SSSR count). The smallest absolute Gasteiger partial charge is 0.292 e. The van der Waals surface area contributed by atoms with Gasteiger partial charge in [-0.15, -0.1) is 0 Å². The fraction of sp³-hybridized carbons (Fsp3) is 0.250. The Hall–Kier alpha value is -3.95. The summed E-state index contributed by atoms with van der Waals surface area (Å²) in [5.41, 5.74) is 2.97. The van der Waals surface area contributed by atoms with Crippen molar-refractivity contribution in [3.8, 4) is 5.75 Å². The van der Waals surface area contributed by atoms with Gasteiger partial charge in [-0.25, -0.2) is 14.4 Å². The molecule has 8 nitrogen and oxygen atoms in total. The molecule has 1 atom stereocenters. The topological polar surface area (TPSA) is 75.1 Å². The highest BCUT2D eigenvalue weighted by Crippen LogP contribution is 2.32. The van der Waals surface area contributed by atoms with Crippen LogP contribution < -0.4 is 10.1 Å². The fourth-order valence-electron chi connectivity index (χ4n) is 4.19. The summed E-state index contributed by atoms with van der Waals surface area (Å²) >= 11 is 6.48. The van der Waals surface area contributed by atoms with Gasteiger partial charge in [0.15, 0.2) is 0 Å². The number of likely N-dealkylation sites (N-methyl/N-ethyl adjacent to an activating group) is 2. The van der Waals surface area contributed by atoms with Crippen LogP contribution in [0.15, 0.2) is 72.0 Å². The molecule has 4 aromatic rings. The summed E-state index contributed by atoms with van der Waals surface area (Å²) in [7, 11) is 6.08. The minimum absolute atomic E-state index is 0.209. The van der Waals surface area contributed by atoms with Gasteiger partial charge in [-0.05, 0) is 68.2 Å². The molecule has 196 valence electrons. The number of aliphatic imine (C=N–C) groups is 1. The standard InChI is InChI=1S/C28H28ClFN6O2/c1-35(2)14-22-16-38-28(36(22)3)34-20-7-9-25-23(12-20)27(32-17-31-25)33-21-8-10-26(24(29)13-21)37-15-18-5-4-6-19(30)11-18/h4-13,17,22H,14-16H2,1-3H3,(H,31,32,33)/b34-28-. The van der Waals surface area contributed by atoms with Gasteiger partial charge in [-0.1, -0.05) is 23.7 Å². The van der Waals surface area contributed by atoms with Gasteiger partial charge in [0, 0.05) is 24.7 Å². The Morgan fingerprint density at radius 1 is 1.16 bits per heavy atom. The molecule has 1 saturated heterocycles. The van der Waals surface area contributed by atoms with Gasteiger partial charge in [0.05, 0.1) is 22.3 Å². The van der Waals surface area contributed by atoms with Crippen LogP contribution in [0.4, 0.5) is 21.6 Å². The van der Waals surface area contributed by atoms with Crippen molar-refractivity contribution in [2.75, 3.05) is 39.6 Å². The van der Waals surface area contributed by atoms with Gasteiger partial charge in [0.1, 0.15) is 36.9 Å². The monoisotopic (exact) mass is 534 g/mol. The van der Waals surface area contributed by atoms with Gasteiger partial charge in [-0.3, -0.25) is 0 Å². The largest absolute Gasteiger partial charge is 0.487 e. The lowest BCUT2D eigenvalue weighted by molar-refractivity contribution is 0.262. The van der Waals surface area contributed by atoms with Crippen molar-refractivity contribution < 1.29 is 13.9 Å². The van der Waals surface area contributed by atoms with E-state index in [0.29, 0.717) is 29.2 Å². The van der Waals surface area contributed by atoms with E-state index in [1.165, 1.54) is 18.5 Å². The van der Waals surface area contributed by atoms with Crippen molar-refractivity contribution >= 4 is 45.7 Å². The Bertz CT molecular complexity index is 1480. The van der Waals surface area contributed by atoms with Gasteiger partial charge < -0.3 is 24.6 Å². The Morgan fingerprint density at radius 3 is 2.82 bits per heavy atom. The number of benzene rings is 3. The first kappa shape index (κ1) is 25.7. The molecule has 0 radical (unpaired) electrons. The van der Waals surface area contributed by atoms with Crippen molar-refractivity contribution in [1.29, 1.82) is 0 Å². The fourth-order valence-corrected chi connectivity index (χ4v) is 4.43. The number of ether oxygens (including phenoxy) is 2. The summed E-state index contributed by atoms with van der Waals surface area (Å²) in [5.74, 6) is 0.813. The molecule has 38 heavy (non-hydrogen) atoms. The summed E-state index contributed by atoms with van der Waals surface area (Å²) in [6, 6.07) is 18.2. The SMILES string of the molecule is CN(C)CC1CO/C(=N\c2ccc3ncnc(Nc4ccc(OCc5cccc(F)c5)c(Cl)c4)c3c2)N1C. The third kappa shape index (κ3) is 5.95. The first-order valence-corrected chi connectivity index (χ1v) is 12.5. The van der Waals surface area contributed by atoms with Crippen LogP contribution in [0.3, 0.4) is 0 Å². The molecule has 1 unspecified atom stereocenters. The minimum Gasteiger partial charge on any atom is -0.487 e. The van der Waals surface area contributed by atoms with Gasteiger partial charge in [0.2, 0.25) is 0 Å². The third-order valence-corrected chi connectivity index (χ3v) is 6.45. The van der Waals surface area contributed by atoms with Crippen molar-refractivity contribution in [3.05, 3.63) is 83.4 Å². The summed E-state index contributed by atoms with van der Waals surface area (Å²) in [4.78, 5) is 17.8. The molecule has 10 heteroatoms. The van der Waals surface area contributed by atoms with Crippen molar-refractivity contribution in [2.45, 2.75) is 12.6 Å². The molecular weight excluding hydrogens is 507 g/mol. The zero-order valence-electron chi connectivity index (χ0n) is 21.4. The van der Waals surface area contributed by atoms with Crippen LogP contribution in [-0.2, 0) is 11.3 Å². The molecule has 2 heterocycles. The Kier molecular flexibility index (Phi) is 7.57. The second-order valence-electron chi connectivity index (χ2n) is 9.34. The van der Waals surface area contributed by atoms with E-state index in [1.807, 2.05) is 45.4 Å². The number of anilines is 2. The first-order valence-electron chi connectivity index (χ1n) is 12.1. The highest BCUT2D eigenvalue weighted by atomic mass is 35.5. The second kappa shape index (κ2) is 11.2. The van der Waals surface area contributed by atoms with Crippen LogP contribution in [0.2, 0.25) is 5.02 Å². The van der Waals surface area contributed by atoms with Crippen LogP contribution in [0, 0.1) is 5.82 Å². The third-order valence-electron chi connectivity index (χ3n) is 6.15. The number of nitrogens with zero attached hydrogens (tertiary/aromatic N) is 5. The molecule has 0 aliphatic carbocycles. The molecular formula is C28H28ClFN6O2. The van der Waals surface area contributed by atoms with Crippen LogP contribution in [0.5, 0.6) is 5.75 Å². The predicted molar refractivity (Wildman–Crippen MR) is 148 cm³/mol. The molecule has 1 aromatic heterocycles. The minimum atomic E-state index is -0.306. The van der Waals surface area contributed by atoms with E-state index in [1.54, 1.807) is 24.3 Å². The molecule has 0 spiro atoms. The van der Waals surface area contributed by atoms with E-state index < -0.39 is 0 Å². The Balaban J connectivity index is 1.33. The number of rotatable bonds is 8. The van der Waals surface area contributed by atoms with E-state index in [4.69, 9.17) is 26.1 Å². The molecule has 1 N–H and O–H groups in total. The van der Waals surface area contributed by atoms with E-state index in [-0.39, 0.29) is 18.5 Å². The molecule has 0 amide bonds. The lowest BCUT2D eigenvalue weighted by Crippen LogP contribution is -2.38. The van der Waals surface area contributed by atoms with Crippen LogP contribution in [0.1, 0.15) is 5.56 Å². The highest BCUT2D eigenvalue weighted by Gasteiger charge is 2.28. The van der Waals surface area contributed by atoms with Crippen molar-refractivity contribution in [3.63, 3.8) is 0 Å². The number of halogens is 2. The molecule has 0 saturated carbocycles. The predicted octanol–water partition coefficient (Wildman–Crippen LogP) is 5.62.